The van der Waals surface area contributed by atoms with E-state index in [0.717, 1.165) is 29.0 Å². The number of benzene rings is 2. The summed E-state index contributed by atoms with van der Waals surface area (Å²) in [7, 11) is 0. The quantitative estimate of drug-likeness (QED) is 0.858. The van der Waals surface area contributed by atoms with Gasteiger partial charge in [0.05, 0.1) is 12.6 Å². The minimum Gasteiger partial charge on any atom is -0.454 e. The lowest BCUT2D eigenvalue weighted by molar-refractivity contribution is 0.174. The fourth-order valence-electron chi connectivity index (χ4n) is 2.82. The molecule has 0 spiro atoms. The van der Waals surface area contributed by atoms with Gasteiger partial charge in [0.25, 0.3) is 0 Å². The van der Waals surface area contributed by atoms with E-state index in [0.29, 0.717) is 0 Å². The van der Waals surface area contributed by atoms with Gasteiger partial charge in [-0.15, -0.1) is 0 Å². The molecule has 1 aliphatic rings. The molecule has 122 valence electrons. The average molecular weight is 313 g/mol. The highest BCUT2D eigenvalue weighted by atomic mass is 16.7. The van der Waals surface area contributed by atoms with Crippen molar-refractivity contribution in [3.8, 4) is 11.5 Å². The SMILES string of the molecule is CCc1ccc(C(CO)NC(C)c2ccc3c(c2)OCO3)cc1. The van der Waals surface area contributed by atoms with Gasteiger partial charge in [-0.3, -0.25) is 0 Å². The van der Waals surface area contributed by atoms with Gasteiger partial charge >= 0.3 is 0 Å². The molecule has 2 N–H and O–H groups in total. The molecule has 2 atom stereocenters. The van der Waals surface area contributed by atoms with Gasteiger partial charge in [0, 0.05) is 6.04 Å². The van der Waals surface area contributed by atoms with Crippen LogP contribution in [0.1, 0.15) is 42.6 Å². The van der Waals surface area contributed by atoms with Gasteiger partial charge < -0.3 is 19.9 Å². The second kappa shape index (κ2) is 7.02. The van der Waals surface area contributed by atoms with Crippen molar-refractivity contribution in [1.82, 2.24) is 5.32 Å². The Balaban J connectivity index is 1.72. The summed E-state index contributed by atoms with van der Waals surface area (Å²) in [4.78, 5) is 0. The molecule has 0 aliphatic carbocycles. The zero-order valence-corrected chi connectivity index (χ0v) is 13.6. The minimum atomic E-state index is -0.0960. The van der Waals surface area contributed by atoms with E-state index in [1.54, 1.807) is 0 Å². The van der Waals surface area contributed by atoms with E-state index in [-0.39, 0.29) is 25.5 Å². The third kappa shape index (κ3) is 3.49. The molecule has 0 saturated carbocycles. The third-order valence-electron chi connectivity index (χ3n) is 4.32. The summed E-state index contributed by atoms with van der Waals surface area (Å²) in [6, 6.07) is 14.3. The van der Waals surface area contributed by atoms with Crippen LogP contribution in [0, 0.1) is 0 Å². The smallest absolute Gasteiger partial charge is 0.231 e. The van der Waals surface area contributed by atoms with Gasteiger partial charge in [0.1, 0.15) is 0 Å². The van der Waals surface area contributed by atoms with E-state index in [1.165, 1.54) is 5.56 Å². The maximum atomic E-state index is 9.75. The molecule has 1 heterocycles. The van der Waals surface area contributed by atoms with Gasteiger partial charge in [0.15, 0.2) is 11.5 Å². The van der Waals surface area contributed by atoms with E-state index in [4.69, 9.17) is 9.47 Å². The molecule has 2 aromatic carbocycles. The summed E-state index contributed by atoms with van der Waals surface area (Å²) in [5.74, 6) is 1.57. The van der Waals surface area contributed by atoms with Crippen LogP contribution in [0.25, 0.3) is 0 Å². The van der Waals surface area contributed by atoms with Crippen LogP contribution >= 0.6 is 0 Å². The van der Waals surface area contributed by atoms with Crippen LogP contribution in [0.5, 0.6) is 11.5 Å². The summed E-state index contributed by atoms with van der Waals surface area (Å²) in [5.41, 5.74) is 3.50. The average Bonchev–Trinajstić information content (AvgIpc) is 3.07. The molecular weight excluding hydrogens is 290 g/mol. The fraction of sp³-hybridized carbons (Fsp3) is 0.368. The largest absolute Gasteiger partial charge is 0.454 e. The number of ether oxygens (including phenoxy) is 2. The lowest BCUT2D eigenvalue weighted by Crippen LogP contribution is -2.27. The first-order chi connectivity index (χ1) is 11.2. The normalized spacial score (nSPS) is 15.4. The second-order valence-electron chi connectivity index (χ2n) is 5.83. The number of nitrogens with one attached hydrogen (secondary N) is 1. The standard InChI is InChI=1S/C19H23NO3/c1-3-14-4-6-15(7-5-14)17(11-21)20-13(2)16-8-9-18-19(10-16)23-12-22-18/h4-10,13,17,20-21H,3,11-12H2,1-2H3. The van der Waals surface area contributed by atoms with Crippen molar-refractivity contribution in [3.63, 3.8) is 0 Å². The first-order valence-corrected chi connectivity index (χ1v) is 8.06. The highest BCUT2D eigenvalue weighted by molar-refractivity contribution is 5.45. The minimum absolute atomic E-state index is 0.0559. The van der Waals surface area contributed by atoms with Gasteiger partial charge in [-0.2, -0.15) is 0 Å². The molecule has 0 saturated heterocycles. The Kier molecular flexibility index (Phi) is 4.84. The zero-order valence-electron chi connectivity index (χ0n) is 13.6. The summed E-state index contributed by atoms with van der Waals surface area (Å²) in [6.07, 6.45) is 1.02. The third-order valence-corrected chi connectivity index (χ3v) is 4.32. The Morgan fingerprint density at radius 1 is 1.04 bits per heavy atom. The van der Waals surface area contributed by atoms with Crippen LogP contribution < -0.4 is 14.8 Å². The van der Waals surface area contributed by atoms with Crippen molar-refractivity contribution in [2.75, 3.05) is 13.4 Å². The Morgan fingerprint density at radius 2 is 1.74 bits per heavy atom. The first-order valence-electron chi connectivity index (χ1n) is 8.06. The number of fused-ring (bicyclic) bond motifs is 1. The number of aliphatic hydroxyl groups excluding tert-OH is 1. The predicted octanol–water partition coefficient (Wildman–Crippen LogP) is 3.36. The molecule has 0 fully saturated rings. The van der Waals surface area contributed by atoms with E-state index in [9.17, 15) is 5.11 Å². The molecule has 23 heavy (non-hydrogen) atoms. The molecule has 2 aromatic rings. The lowest BCUT2D eigenvalue weighted by atomic mass is 10.0. The Bertz CT molecular complexity index is 654. The predicted molar refractivity (Wildman–Crippen MR) is 89.8 cm³/mol. The highest BCUT2D eigenvalue weighted by Crippen LogP contribution is 2.34. The van der Waals surface area contributed by atoms with Crippen LogP contribution in [-0.4, -0.2) is 18.5 Å². The molecule has 4 heteroatoms. The fourth-order valence-corrected chi connectivity index (χ4v) is 2.82. The summed E-state index contributed by atoms with van der Waals surface area (Å²) >= 11 is 0. The molecule has 0 bridgehead atoms. The van der Waals surface area contributed by atoms with Crippen molar-refractivity contribution in [1.29, 1.82) is 0 Å². The maximum Gasteiger partial charge on any atom is 0.231 e. The van der Waals surface area contributed by atoms with Crippen LogP contribution in [-0.2, 0) is 6.42 Å². The van der Waals surface area contributed by atoms with Crippen molar-refractivity contribution in [2.24, 2.45) is 0 Å². The Labute approximate surface area is 137 Å². The van der Waals surface area contributed by atoms with Gasteiger partial charge in [0.2, 0.25) is 6.79 Å². The van der Waals surface area contributed by atoms with Crippen LogP contribution in [0.15, 0.2) is 42.5 Å². The number of rotatable bonds is 6. The Morgan fingerprint density at radius 3 is 2.43 bits per heavy atom. The number of hydrogen-bond donors (Lipinski definition) is 2. The topological polar surface area (TPSA) is 50.7 Å². The summed E-state index contributed by atoms with van der Waals surface area (Å²) in [6.45, 7) is 4.56. The number of aryl methyl sites for hydroxylation is 1. The van der Waals surface area contributed by atoms with E-state index in [2.05, 4.69) is 43.4 Å². The lowest BCUT2D eigenvalue weighted by Gasteiger charge is -2.23. The molecular formula is C19H23NO3. The van der Waals surface area contributed by atoms with E-state index >= 15 is 0 Å². The molecule has 0 amide bonds. The number of aliphatic hydroxyl groups is 1. The molecule has 3 rings (SSSR count). The summed E-state index contributed by atoms with van der Waals surface area (Å²) in [5, 5.41) is 13.2. The molecule has 4 nitrogen and oxygen atoms in total. The molecule has 2 unspecified atom stereocenters. The van der Waals surface area contributed by atoms with E-state index in [1.807, 2.05) is 18.2 Å². The maximum absolute atomic E-state index is 9.75. The molecule has 1 aliphatic heterocycles. The zero-order chi connectivity index (χ0) is 16.2. The van der Waals surface area contributed by atoms with Crippen LogP contribution in [0.2, 0.25) is 0 Å². The van der Waals surface area contributed by atoms with Crippen molar-refractivity contribution < 1.29 is 14.6 Å². The highest BCUT2D eigenvalue weighted by Gasteiger charge is 2.18. The second-order valence-corrected chi connectivity index (χ2v) is 5.83. The first kappa shape index (κ1) is 15.8. The van der Waals surface area contributed by atoms with Crippen molar-refractivity contribution in [2.45, 2.75) is 32.4 Å². The monoisotopic (exact) mass is 313 g/mol. The van der Waals surface area contributed by atoms with Gasteiger partial charge in [-0.1, -0.05) is 37.3 Å². The molecule has 0 aromatic heterocycles. The van der Waals surface area contributed by atoms with Crippen LogP contribution in [0.3, 0.4) is 0 Å². The number of hydrogen-bond acceptors (Lipinski definition) is 4. The van der Waals surface area contributed by atoms with Crippen molar-refractivity contribution >= 4 is 0 Å². The van der Waals surface area contributed by atoms with Gasteiger partial charge in [-0.05, 0) is 42.2 Å². The molecule has 0 radical (unpaired) electrons. The van der Waals surface area contributed by atoms with Crippen LogP contribution in [0.4, 0.5) is 0 Å². The van der Waals surface area contributed by atoms with Gasteiger partial charge in [-0.25, -0.2) is 0 Å². The Hall–Kier alpha value is -2.04. The summed E-state index contributed by atoms with van der Waals surface area (Å²) < 4.78 is 10.8. The van der Waals surface area contributed by atoms with E-state index < -0.39 is 0 Å². The van der Waals surface area contributed by atoms with Crippen molar-refractivity contribution in [3.05, 3.63) is 59.2 Å².